The highest BCUT2D eigenvalue weighted by Gasteiger charge is 1.95. The third-order valence-corrected chi connectivity index (χ3v) is 1.59. The van der Waals surface area contributed by atoms with Crippen molar-refractivity contribution in [2.75, 3.05) is 0 Å². The number of aromatic nitrogens is 2. The fraction of sp³-hybridized carbons (Fsp3) is 0.143. The highest BCUT2D eigenvalue weighted by Crippen LogP contribution is 2.10. The van der Waals surface area contributed by atoms with Gasteiger partial charge in [-0.25, -0.2) is 0 Å². The van der Waals surface area contributed by atoms with Crippen molar-refractivity contribution in [3.63, 3.8) is 0 Å². The summed E-state index contributed by atoms with van der Waals surface area (Å²) in [6.45, 7) is 2.17. The predicted molar refractivity (Wildman–Crippen MR) is 74.1 cm³/mol. The second-order valence-corrected chi connectivity index (χ2v) is 3.47. The summed E-state index contributed by atoms with van der Waals surface area (Å²) >= 11 is 0. The topological polar surface area (TPSA) is 100 Å². The number of carboxylic acid groups (broad SMARTS) is 2. The molecular formula is C14H16N2O4. The molecule has 106 valence electrons. The van der Waals surface area contributed by atoms with Gasteiger partial charge in [-0.2, -0.15) is 0 Å². The van der Waals surface area contributed by atoms with E-state index in [1.54, 1.807) is 12.4 Å². The highest BCUT2D eigenvalue weighted by atomic mass is 16.4. The third-order valence-electron chi connectivity index (χ3n) is 1.59. The molecule has 2 aromatic heterocycles. The molecule has 0 aliphatic rings. The Balaban J connectivity index is 0.000000380. The van der Waals surface area contributed by atoms with E-state index in [-0.39, 0.29) is 0 Å². The van der Waals surface area contributed by atoms with E-state index >= 15 is 0 Å². The lowest BCUT2D eigenvalue weighted by Crippen LogP contribution is -1.83. The molecule has 0 aliphatic heterocycles. The summed E-state index contributed by atoms with van der Waals surface area (Å²) in [4.78, 5) is 26.4. The normalized spacial score (nSPS) is 8.30. The van der Waals surface area contributed by atoms with Gasteiger partial charge in [-0.3, -0.25) is 19.6 Å². The van der Waals surface area contributed by atoms with Crippen LogP contribution in [0.2, 0.25) is 0 Å². The third kappa shape index (κ3) is 10.4. The number of carboxylic acids is 2. The first-order valence-corrected chi connectivity index (χ1v) is 5.65. The zero-order valence-electron chi connectivity index (χ0n) is 11.2. The minimum absolute atomic E-state index is 0.833. The molecule has 0 atom stereocenters. The molecule has 2 rings (SSSR count). The van der Waals surface area contributed by atoms with E-state index in [1.807, 2.05) is 36.4 Å². The first-order chi connectivity index (χ1) is 9.43. The van der Waals surface area contributed by atoms with Gasteiger partial charge in [-0.1, -0.05) is 12.1 Å². The Morgan fingerprint density at radius 1 is 0.800 bits per heavy atom. The lowest BCUT2D eigenvalue weighted by atomic mass is 10.2. The van der Waals surface area contributed by atoms with Crippen LogP contribution in [0.5, 0.6) is 0 Å². The maximum Gasteiger partial charge on any atom is 0.300 e. The molecule has 0 spiro atoms. The Kier molecular flexibility index (Phi) is 8.78. The van der Waals surface area contributed by atoms with Crippen molar-refractivity contribution in [1.82, 2.24) is 9.97 Å². The molecule has 0 bridgehead atoms. The van der Waals surface area contributed by atoms with Crippen LogP contribution in [0, 0.1) is 0 Å². The molecule has 0 unspecified atom stereocenters. The van der Waals surface area contributed by atoms with Gasteiger partial charge in [0.05, 0.1) is 11.4 Å². The van der Waals surface area contributed by atoms with Crippen LogP contribution < -0.4 is 0 Å². The van der Waals surface area contributed by atoms with Gasteiger partial charge in [0.25, 0.3) is 11.9 Å². The molecule has 0 saturated carbocycles. The number of carbonyl (C=O) groups is 2. The van der Waals surface area contributed by atoms with E-state index in [1.165, 1.54) is 0 Å². The van der Waals surface area contributed by atoms with Crippen molar-refractivity contribution in [3.8, 4) is 11.4 Å². The number of aliphatic carboxylic acids is 2. The van der Waals surface area contributed by atoms with Crippen molar-refractivity contribution < 1.29 is 19.8 Å². The summed E-state index contributed by atoms with van der Waals surface area (Å²) in [5.74, 6) is -1.67. The van der Waals surface area contributed by atoms with Gasteiger partial charge in [-0.15, -0.1) is 0 Å². The van der Waals surface area contributed by atoms with E-state index < -0.39 is 11.9 Å². The maximum absolute atomic E-state index is 9.00. The molecule has 20 heavy (non-hydrogen) atoms. The van der Waals surface area contributed by atoms with E-state index in [4.69, 9.17) is 19.8 Å². The summed E-state index contributed by atoms with van der Waals surface area (Å²) in [5.41, 5.74) is 1.83. The molecule has 6 heteroatoms. The number of nitrogens with zero attached hydrogens (tertiary/aromatic N) is 2. The Hall–Kier alpha value is -2.76. The summed E-state index contributed by atoms with van der Waals surface area (Å²) < 4.78 is 0. The van der Waals surface area contributed by atoms with Gasteiger partial charge in [0, 0.05) is 26.2 Å². The second-order valence-electron chi connectivity index (χ2n) is 3.47. The van der Waals surface area contributed by atoms with Gasteiger partial charge in [0.2, 0.25) is 0 Å². The van der Waals surface area contributed by atoms with Crippen LogP contribution in [0.1, 0.15) is 13.8 Å². The summed E-state index contributed by atoms with van der Waals surface area (Å²) in [5, 5.41) is 14.8. The van der Waals surface area contributed by atoms with Gasteiger partial charge in [-0.05, 0) is 24.3 Å². The fourth-order valence-electron chi connectivity index (χ4n) is 1.03. The monoisotopic (exact) mass is 276 g/mol. The van der Waals surface area contributed by atoms with Gasteiger partial charge in [0.15, 0.2) is 0 Å². The van der Waals surface area contributed by atoms with E-state index in [9.17, 15) is 0 Å². The van der Waals surface area contributed by atoms with Crippen molar-refractivity contribution >= 4 is 11.9 Å². The zero-order valence-corrected chi connectivity index (χ0v) is 11.2. The molecule has 6 nitrogen and oxygen atoms in total. The minimum Gasteiger partial charge on any atom is -0.481 e. The van der Waals surface area contributed by atoms with Crippen LogP contribution in [0.25, 0.3) is 11.4 Å². The Bertz CT molecular complexity index is 458. The Labute approximate surface area is 116 Å². The van der Waals surface area contributed by atoms with Crippen LogP contribution >= 0.6 is 0 Å². The molecule has 0 aromatic carbocycles. The quantitative estimate of drug-likeness (QED) is 0.829. The van der Waals surface area contributed by atoms with Crippen molar-refractivity contribution in [2.24, 2.45) is 0 Å². The van der Waals surface area contributed by atoms with Crippen molar-refractivity contribution in [1.29, 1.82) is 0 Å². The summed E-state index contributed by atoms with van der Waals surface area (Å²) in [6.07, 6.45) is 3.54. The van der Waals surface area contributed by atoms with Crippen LogP contribution in [-0.2, 0) is 9.59 Å². The predicted octanol–water partition coefficient (Wildman–Crippen LogP) is 2.33. The van der Waals surface area contributed by atoms with E-state index in [0.29, 0.717) is 0 Å². The lowest BCUT2D eigenvalue weighted by molar-refractivity contribution is -0.135. The fourth-order valence-corrected chi connectivity index (χ4v) is 1.03. The summed E-state index contributed by atoms with van der Waals surface area (Å²) in [7, 11) is 0. The molecule has 0 aliphatic carbocycles. The number of hydrogen-bond acceptors (Lipinski definition) is 4. The smallest absolute Gasteiger partial charge is 0.300 e. The molecular weight excluding hydrogens is 260 g/mol. The van der Waals surface area contributed by atoms with Crippen LogP contribution in [0.3, 0.4) is 0 Å². The number of rotatable bonds is 1. The first kappa shape index (κ1) is 17.2. The molecule has 0 radical (unpaired) electrons. The average Bonchev–Trinajstić information content (AvgIpc) is 2.39. The zero-order chi connectivity index (χ0) is 15.4. The first-order valence-electron chi connectivity index (χ1n) is 5.65. The molecule has 0 saturated heterocycles. The van der Waals surface area contributed by atoms with E-state index in [2.05, 4.69) is 9.97 Å². The molecule has 0 fully saturated rings. The largest absolute Gasteiger partial charge is 0.481 e. The van der Waals surface area contributed by atoms with E-state index in [0.717, 1.165) is 25.2 Å². The maximum atomic E-state index is 9.00. The van der Waals surface area contributed by atoms with Crippen molar-refractivity contribution in [2.45, 2.75) is 13.8 Å². The summed E-state index contributed by atoms with van der Waals surface area (Å²) in [6, 6.07) is 11.6. The molecule has 2 heterocycles. The Morgan fingerprint density at radius 2 is 1.10 bits per heavy atom. The SMILES string of the molecule is CC(=O)O.CC(=O)O.c1ccc(-c2ccccn2)nc1. The molecule has 0 amide bonds. The highest BCUT2D eigenvalue weighted by molar-refractivity contribution is 5.63. The van der Waals surface area contributed by atoms with Crippen LogP contribution in [0.15, 0.2) is 48.8 Å². The van der Waals surface area contributed by atoms with Crippen molar-refractivity contribution in [3.05, 3.63) is 48.8 Å². The van der Waals surface area contributed by atoms with Crippen LogP contribution in [0.4, 0.5) is 0 Å². The molecule has 2 aromatic rings. The number of pyridine rings is 2. The van der Waals surface area contributed by atoms with Gasteiger partial charge < -0.3 is 10.2 Å². The lowest BCUT2D eigenvalue weighted by Gasteiger charge is -1.96. The molecule has 2 N–H and O–H groups in total. The second kappa shape index (κ2) is 10.2. The Morgan fingerprint density at radius 3 is 1.30 bits per heavy atom. The van der Waals surface area contributed by atoms with Crippen LogP contribution in [-0.4, -0.2) is 32.1 Å². The number of hydrogen-bond donors (Lipinski definition) is 2. The van der Waals surface area contributed by atoms with Gasteiger partial charge >= 0.3 is 0 Å². The standard InChI is InChI=1S/C10H8N2.2C2H4O2/c1-3-7-11-9(5-1)10-6-2-4-8-12-10;2*1-2(3)4/h1-8H;2*1H3,(H,3,4). The average molecular weight is 276 g/mol. The van der Waals surface area contributed by atoms with Gasteiger partial charge in [0.1, 0.15) is 0 Å². The minimum atomic E-state index is -0.833.